The fourth-order valence-electron chi connectivity index (χ4n) is 6.00. The van der Waals surface area contributed by atoms with Gasteiger partial charge in [0.15, 0.2) is 5.76 Å². The van der Waals surface area contributed by atoms with Gasteiger partial charge >= 0.3 is 0 Å². The molecule has 1 saturated heterocycles. The lowest BCUT2D eigenvalue weighted by atomic mass is 9.78. The standard InChI is InChI=1S/C27H33Cl2N3O4/c1-16-6-3-4-7-18(16)27(34)32-13-11-19-20(28)9-10-23(35-15-21-26(29)17(2)36-30-21)25(19)22(32)14-31-12-5-8-24(31)33/h9-10,16,18,22H,3-8,11-15H2,1-2H3/t16-,18+,22+/m0/s1. The predicted octanol–water partition coefficient (Wildman–Crippen LogP) is 5.74. The molecule has 2 aliphatic heterocycles. The Morgan fingerprint density at radius 1 is 1.17 bits per heavy atom. The number of hydrogen-bond donors (Lipinski definition) is 0. The lowest BCUT2D eigenvalue weighted by Crippen LogP contribution is -2.49. The first-order chi connectivity index (χ1) is 17.3. The highest BCUT2D eigenvalue weighted by molar-refractivity contribution is 6.32. The minimum Gasteiger partial charge on any atom is -0.487 e. The number of nitrogens with zero attached hydrogens (tertiary/aromatic N) is 3. The molecule has 2 amide bonds. The molecular formula is C27H33Cl2N3O4. The minimum absolute atomic E-state index is 0.0116. The second kappa shape index (κ2) is 10.6. The van der Waals surface area contributed by atoms with E-state index in [-0.39, 0.29) is 30.4 Å². The normalized spacial score (nSPS) is 24.2. The van der Waals surface area contributed by atoms with Crippen molar-refractivity contribution in [1.82, 2.24) is 15.0 Å². The van der Waals surface area contributed by atoms with Crippen LogP contribution in [0.25, 0.3) is 0 Å². The van der Waals surface area contributed by atoms with Crippen LogP contribution in [0.1, 0.15) is 74.1 Å². The molecule has 5 rings (SSSR count). The Labute approximate surface area is 222 Å². The van der Waals surface area contributed by atoms with E-state index < -0.39 is 0 Å². The Kier molecular flexibility index (Phi) is 7.49. The van der Waals surface area contributed by atoms with Crippen LogP contribution in [0.4, 0.5) is 0 Å². The number of rotatable bonds is 6. The van der Waals surface area contributed by atoms with Gasteiger partial charge in [0.1, 0.15) is 23.1 Å². The van der Waals surface area contributed by atoms with Gasteiger partial charge in [0.25, 0.3) is 0 Å². The summed E-state index contributed by atoms with van der Waals surface area (Å²) in [4.78, 5) is 30.5. The van der Waals surface area contributed by atoms with Crippen molar-refractivity contribution in [2.75, 3.05) is 19.6 Å². The summed E-state index contributed by atoms with van der Waals surface area (Å²) in [7, 11) is 0. The highest BCUT2D eigenvalue weighted by Gasteiger charge is 2.41. The smallest absolute Gasteiger partial charge is 0.226 e. The molecular weight excluding hydrogens is 501 g/mol. The summed E-state index contributed by atoms with van der Waals surface area (Å²) in [6.07, 6.45) is 6.29. The van der Waals surface area contributed by atoms with Crippen LogP contribution in [-0.4, -0.2) is 46.4 Å². The van der Waals surface area contributed by atoms with E-state index in [1.54, 1.807) is 6.92 Å². The lowest BCUT2D eigenvalue weighted by Gasteiger charge is -2.43. The van der Waals surface area contributed by atoms with Crippen LogP contribution in [0.3, 0.4) is 0 Å². The van der Waals surface area contributed by atoms with Crippen LogP contribution in [0, 0.1) is 18.8 Å². The van der Waals surface area contributed by atoms with Crippen LogP contribution < -0.4 is 4.74 Å². The van der Waals surface area contributed by atoms with Crippen molar-refractivity contribution in [1.29, 1.82) is 0 Å². The van der Waals surface area contributed by atoms with Gasteiger partial charge in [0, 0.05) is 42.6 Å². The van der Waals surface area contributed by atoms with Crippen molar-refractivity contribution >= 4 is 35.0 Å². The molecule has 0 unspecified atom stereocenters. The van der Waals surface area contributed by atoms with E-state index in [4.69, 9.17) is 32.5 Å². The van der Waals surface area contributed by atoms with E-state index in [0.29, 0.717) is 65.6 Å². The largest absolute Gasteiger partial charge is 0.487 e. The summed E-state index contributed by atoms with van der Waals surface area (Å²) in [5.74, 6) is 1.86. The summed E-state index contributed by atoms with van der Waals surface area (Å²) < 4.78 is 11.4. The van der Waals surface area contributed by atoms with Crippen molar-refractivity contribution in [2.45, 2.75) is 71.4 Å². The van der Waals surface area contributed by atoms with Gasteiger partial charge in [-0.1, -0.05) is 48.1 Å². The average molecular weight is 534 g/mol. The van der Waals surface area contributed by atoms with Crippen molar-refractivity contribution in [2.24, 2.45) is 11.8 Å². The molecule has 0 bridgehead atoms. The first-order valence-corrected chi connectivity index (χ1v) is 13.7. The monoisotopic (exact) mass is 533 g/mol. The SMILES string of the molecule is Cc1onc(COc2ccc(Cl)c3c2[C@@H](CN2CCCC2=O)N(C(=O)[C@@H]2CCCC[C@@H]2C)CC3)c1Cl. The molecule has 1 aliphatic carbocycles. The number of ether oxygens (including phenoxy) is 1. The van der Waals surface area contributed by atoms with Gasteiger partial charge in [-0.15, -0.1) is 0 Å². The number of amides is 2. The number of likely N-dealkylation sites (tertiary alicyclic amines) is 1. The molecule has 36 heavy (non-hydrogen) atoms. The van der Waals surface area contributed by atoms with Crippen molar-refractivity contribution in [3.05, 3.63) is 44.8 Å². The first kappa shape index (κ1) is 25.4. The third-order valence-electron chi connectivity index (χ3n) is 8.07. The number of hydrogen-bond acceptors (Lipinski definition) is 5. The molecule has 1 aromatic heterocycles. The Morgan fingerprint density at radius 3 is 2.67 bits per heavy atom. The first-order valence-electron chi connectivity index (χ1n) is 13.0. The number of fused-ring (bicyclic) bond motifs is 1. The van der Waals surface area contributed by atoms with Crippen LogP contribution in [0.2, 0.25) is 10.0 Å². The van der Waals surface area contributed by atoms with Gasteiger partial charge in [-0.25, -0.2) is 0 Å². The molecule has 9 heteroatoms. The summed E-state index contributed by atoms with van der Waals surface area (Å²) in [6.45, 7) is 5.80. The second-order valence-corrected chi connectivity index (χ2v) is 11.1. The van der Waals surface area contributed by atoms with Crippen LogP contribution in [-0.2, 0) is 22.6 Å². The van der Waals surface area contributed by atoms with Gasteiger partial charge in [-0.05, 0) is 56.2 Å². The molecule has 2 aromatic rings. The number of carbonyl (C=O) groups excluding carboxylic acids is 2. The average Bonchev–Trinajstić information content (AvgIpc) is 3.43. The van der Waals surface area contributed by atoms with E-state index >= 15 is 0 Å². The molecule has 3 heterocycles. The number of halogens is 2. The Hall–Kier alpha value is -2.25. The second-order valence-electron chi connectivity index (χ2n) is 10.3. The molecule has 1 saturated carbocycles. The van der Waals surface area contributed by atoms with Crippen LogP contribution >= 0.6 is 23.2 Å². The van der Waals surface area contributed by atoms with Gasteiger partial charge in [-0.2, -0.15) is 0 Å². The number of benzene rings is 1. The summed E-state index contributed by atoms with van der Waals surface area (Å²) in [5, 5.41) is 5.11. The number of aromatic nitrogens is 1. The molecule has 7 nitrogen and oxygen atoms in total. The molecule has 1 aromatic carbocycles. The molecule has 0 radical (unpaired) electrons. The molecule has 3 aliphatic rings. The van der Waals surface area contributed by atoms with Crippen molar-refractivity contribution in [3.63, 3.8) is 0 Å². The van der Waals surface area contributed by atoms with Gasteiger partial charge in [0.2, 0.25) is 11.8 Å². The number of aryl methyl sites for hydroxylation is 1. The number of carbonyl (C=O) groups is 2. The zero-order valence-electron chi connectivity index (χ0n) is 20.9. The minimum atomic E-state index is -0.319. The van der Waals surface area contributed by atoms with Crippen molar-refractivity contribution < 1.29 is 18.8 Å². The fraction of sp³-hybridized carbons (Fsp3) is 0.593. The third kappa shape index (κ3) is 4.84. The highest BCUT2D eigenvalue weighted by Crippen LogP contribution is 2.43. The zero-order valence-corrected chi connectivity index (χ0v) is 22.4. The Bertz CT molecular complexity index is 1150. The Balaban J connectivity index is 1.51. The maximum Gasteiger partial charge on any atom is 0.226 e. The molecule has 2 fully saturated rings. The van der Waals surface area contributed by atoms with E-state index in [0.717, 1.165) is 36.8 Å². The molecule has 0 N–H and O–H groups in total. The topological polar surface area (TPSA) is 75.9 Å². The van der Waals surface area contributed by atoms with E-state index in [1.807, 2.05) is 21.9 Å². The maximum atomic E-state index is 14.0. The van der Waals surface area contributed by atoms with Crippen LogP contribution in [0.5, 0.6) is 5.75 Å². The zero-order chi connectivity index (χ0) is 25.4. The van der Waals surface area contributed by atoms with Gasteiger partial charge in [0.05, 0.1) is 6.04 Å². The molecule has 194 valence electrons. The summed E-state index contributed by atoms with van der Waals surface area (Å²) in [6, 6.07) is 3.36. The van der Waals surface area contributed by atoms with Crippen LogP contribution in [0.15, 0.2) is 16.7 Å². The summed E-state index contributed by atoms with van der Waals surface area (Å²) >= 11 is 13.0. The predicted molar refractivity (Wildman–Crippen MR) is 137 cm³/mol. The van der Waals surface area contributed by atoms with E-state index in [9.17, 15) is 9.59 Å². The summed E-state index contributed by atoms with van der Waals surface area (Å²) in [5.41, 5.74) is 2.39. The quantitative estimate of drug-likeness (QED) is 0.472. The van der Waals surface area contributed by atoms with E-state index in [1.165, 1.54) is 6.42 Å². The van der Waals surface area contributed by atoms with E-state index in [2.05, 4.69) is 12.1 Å². The Morgan fingerprint density at radius 2 is 1.97 bits per heavy atom. The van der Waals surface area contributed by atoms with Crippen molar-refractivity contribution in [3.8, 4) is 5.75 Å². The molecule has 0 spiro atoms. The van der Waals surface area contributed by atoms with Gasteiger partial charge < -0.3 is 19.1 Å². The fourth-order valence-corrected chi connectivity index (χ4v) is 6.39. The maximum absolute atomic E-state index is 14.0. The third-order valence-corrected chi connectivity index (χ3v) is 8.91. The lowest BCUT2D eigenvalue weighted by molar-refractivity contribution is -0.143. The highest BCUT2D eigenvalue weighted by atomic mass is 35.5. The van der Waals surface area contributed by atoms with Gasteiger partial charge in [-0.3, -0.25) is 9.59 Å². The molecule has 3 atom stereocenters.